The normalized spacial score (nSPS) is 13.0. The SMILES string of the molecule is NC(Cc1nc2ccccc2s1)c1csc(Br)c1. The molecule has 5 heteroatoms. The van der Waals surface area contributed by atoms with Gasteiger partial charge >= 0.3 is 0 Å². The Labute approximate surface area is 122 Å². The summed E-state index contributed by atoms with van der Waals surface area (Å²) in [5, 5.41) is 3.20. The molecular weight excluding hydrogens is 328 g/mol. The molecule has 0 saturated heterocycles. The first-order valence-corrected chi connectivity index (χ1v) is 8.05. The van der Waals surface area contributed by atoms with Gasteiger partial charge in [-0.2, -0.15) is 0 Å². The van der Waals surface area contributed by atoms with Gasteiger partial charge in [-0.3, -0.25) is 0 Å². The molecular formula is C13H11BrN2S2. The van der Waals surface area contributed by atoms with E-state index < -0.39 is 0 Å². The van der Waals surface area contributed by atoms with Crippen LogP contribution < -0.4 is 5.73 Å². The van der Waals surface area contributed by atoms with Gasteiger partial charge in [0.15, 0.2) is 0 Å². The first kappa shape index (κ1) is 12.3. The Morgan fingerprint density at radius 3 is 2.89 bits per heavy atom. The number of para-hydroxylation sites is 1. The van der Waals surface area contributed by atoms with Crippen LogP contribution in [0, 0.1) is 0 Å². The van der Waals surface area contributed by atoms with Crippen LogP contribution in [-0.4, -0.2) is 4.98 Å². The molecule has 1 aromatic carbocycles. The summed E-state index contributed by atoms with van der Waals surface area (Å²) in [5.74, 6) is 0. The molecule has 0 bridgehead atoms. The standard InChI is InChI=1S/C13H11BrN2S2/c14-12-5-8(7-17-12)9(15)6-13-16-10-3-1-2-4-11(10)18-13/h1-5,7,9H,6,15H2. The van der Waals surface area contributed by atoms with Crippen LogP contribution in [0.25, 0.3) is 10.2 Å². The van der Waals surface area contributed by atoms with Crippen molar-refractivity contribution in [3.8, 4) is 0 Å². The van der Waals surface area contributed by atoms with Crippen molar-refractivity contribution in [3.05, 3.63) is 50.1 Å². The fraction of sp³-hybridized carbons (Fsp3) is 0.154. The molecule has 1 atom stereocenters. The highest BCUT2D eigenvalue weighted by Crippen LogP contribution is 2.28. The minimum atomic E-state index is 0.0214. The Balaban J connectivity index is 1.83. The molecule has 2 aromatic heterocycles. The number of hydrogen-bond donors (Lipinski definition) is 1. The van der Waals surface area contributed by atoms with Crippen LogP contribution in [0.4, 0.5) is 0 Å². The summed E-state index contributed by atoms with van der Waals surface area (Å²) in [6, 6.07) is 10.3. The van der Waals surface area contributed by atoms with Crippen LogP contribution in [-0.2, 0) is 6.42 Å². The number of nitrogens with zero attached hydrogens (tertiary/aromatic N) is 1. The van der Waals surface area contributed by atoms with Gasteiger partial charge in [-0.15, -0.1) is 22.7 Å². The molecule has 2 heterocycles. The third-order valence-electron chi connectivity index (χ3n) is 2.75. The molecule has 0 radical (unpaired) electrons. The summed E-state index contributed by atoms with van der Waals surface area (Å²) in [7, 11) is 0. The van der Waals surface area contributed by atoms with Crippen molar-refractivity contribution in [2.24, 2.45) is 5.73 Å². The summed E-state index contributed by atoms with van der Waals surface area (Å²) < 4.78 is 2.35. The lowest BCUT2D eigenvalue weighted by molar-refractivity contribution is 0.722. The first-order valence-electron chi connectivity index (χ1n) is 5.56. The number of halogens is 1. The van der Waals surface area contributed by atoms with Gasteiger partial charge in [0, 0.05) is 12.5 Å². The van der Waals surface area contributed by atoms with Gasteiger partial charge in [0.1, 0.15) is 0 Å². The second-order valence-electron chi connectivity index (χ2n) is 4.07. The van der Waals surface area contributed by atoms with Crippen molar-refractivity contribution in [2.75, 3.05) is 0 Å². The Bertz CT molecular complexity index is 641. The molecule has 1 unspecified atom stereocenters. The van der Waals surface area contributed by atoms with E-state index in [2.05, 4.69) is 38.4 Å². The van der Waals surface area contributed by atoms with E-state index in [9.17, 15) is 0 Å². The lowest BCUT2D eigenvalue weighted by Gasteiger charge is -2.06. The van der Waals surface area contributed by atoms with E-state index in [0.717, 1.165) is 20.7 Å². The molecule has 0 amide bonds. The van der Waals surface area contributed by atoms with Crippen LogP contribution in [0.2, 0.25) is 0 Å². The van der Waals surface area contributed by atoms with Crippen molar-refractivity contribution in [1.82, 2.24) is 4.98 Å². The van der Waals surface area contributed by atoms with Gasteiger partial charge in [0.25, 0.3) is 0 Å². The zero-order valence-electron chi connectivity index (χ0n) is 9.47. The van der Waals surface area contributed by atoms with Gasteiger partial charge in [-0.1, -0.05) is 12.1 Å². The van der Waals surface area contributed by atoms with Gasteiger partial charge in [0.05, 0.1) is 19.0 Å². The number of nitrogens with two attached hydrogens (primary N) is 1. The van der Waals surface area contributed by atoms with E-state index >= 15 is 0 Å². The molecule has 0 aliphatic heterocycles. The third kappa shape index (κ3) is 2.49. The molecule has 0 aliphatic carbocycles. The van der Waals surface area contributed by atoms with E-state index in [0.29, 0.717) is 0 Å². The monoisotopic (exact) mass is 338 g/mol. The van der Waals surface area contributed by atoms with Gasteiger partial charge in [-0.25, -0.2) is 4.98 Å². The summed E-state index contributed by atoms with van der Waals surface area (Å²) in [4.78, 5) is 4.62. The van der Waals surface area contributed by atoms with Crippen LogP contribution in [0.15, 0.2) is 39.5 Å². The fourth-order valence-corrected chi connectivity index (χ4v) is 4.10. The van der Waals surface area contributed by atoms with Crippen molar-refractivity contribution < 1.29 is 0 Å². The summed E-state index contributed by atoms with van der Waals surface area (Å²) in [5.41, 5.74) is 8.45. The second-order valence-corrected chi connectivity index (χ2v) is 7.48. The minimum Gasteiger partial charge on any atom is -0.324 e. The molecule has 3 aromatic rings. The number of thiophene rings is 1. The van der Waals surface area contributed by atoms with E-state index in [1.54, 1.807) is 22.7 Å². The zero-order chi connectivity index (χ0) is 12.5. The maximum Gasteiger partial charge on any atom is 0.0957 e. The lowest BCUT2D eigenvalue weighted by Crippen LogP contribution is -2.12. The maximum absolute atomic E-state index is 6.21. The first-order chi connectivity index (χ1) is 8.72. The molecule has 3 rings (SSSR count). The Hall–Kier alpha value is -0.750. The number of aromatic nitrogens is 1. The quantitative estimate of drug-likeness (QED) is 0.770. The predicted octanol–water partition coefficient (Wildman–Crippen LogP) is 4.36. The van der Waals surface area contributed by atoms with E-state index in [1.807, 2.05) is 18.2 Å². The number of fused-ring (bicyclic) bond motifs is 1. The zero-order valence-corrected chi connectivity index (χ0v) is 12.7. The summed E-state index contributed by atoms with van der Waals surface area (Å²) in [6.07, 6.45) is 0.794. The lowest BCUT2D eigenvalue weighted by atomic mass is 10.1. The van der Waals surface area contributed by atoms with Crippen LogP contribution in [0.5, 0.6) is 0 Å². The van der Waals surface area contributed by atoms with Crippen molar-refractivity contribution >= 4 is 48.8 Å². The topological polar surface area (TPSA) is 38.9 Å². The Morgan fingerprint density at radius 1 is 1.33 bits per heavy atom. The van der Waals surface area contributed by atoms with Gasteiger partial charge < -0.3 is 5.73 Å². The maximum atomic E-state index is 6.21. The van der Waals surface area contributed by atoms with Crippen LogP contribution >= 0.6 is 38.6 Å². The molecule has 0 spiro atoms. The Morgan fingerprint density at radius 2 is 2.17 bits per heavy atom. The van der Waals surface area contributed by atoms with Crippen molar-refractivity contribution in [3.63, 3.8) is 0 Å². The number of rotatable bonds is 3. The number of thiazole rings is 1. The molecule has 2 N–H and O–H groups in total. The molecule has 18 heavy (non-hydrogen) atoms. The predicted molar refractivity (Wildman–Crippen MR) is 82.3 cm³/mol. The van der Waals surface area contributed by atoms with Gasteiger partial charge in [0.2, 0.25) is 0 Å². The smallest absolute Gasteiger partial charge is 0.0957 e. The molecule has 92 valence electrons. The number of benzene rings is 1. The molecule has 0 fully saturated rings. The highest BCUT2D eigenvalue weighted by atomic mass is 79.9. The van der Waals surface area contributed by atoms with Crippen LogP contribution in [0.3, 0.4) is 0 Å². The van der Waals surface area contributed by atoms with E-state index in [-0.39, 0.29) is 6.04 Å². The highest BCUT2D eigenvalue weighted by Gasteiger charge is 2.12. The molecule has 0 saturated carbocycles. The average molecular weight is 339 g/mol. The Kier molecular flexibility index (Phi) is 3.48. The van der Waals surface area contributed by atoms with E-state index in [1.165, 1.54) is 10.3 Å². The second kappa shape index (κ2) is 5.09. The van der Waals surface area contributed by atoms with Crippen molar-refractivity contribution in [1.29, 1.82) is 0 Å². The van der Waals surface area contributed by atoms with Crippen LogP contribution in [0.1, 0.15) is 16.6 Å². The van der Waals surface area contributed by atoms with Crippen molar-refractivity contribution in [2.45, 2.75) is 12.5 Å². The van der Waals surface area contributed by atoms with E-state index in [4.69, 9.17) is 5.73 Å². The molecule has 2 nitrogen and oxygen atoms in total. The summed E-state index contributed by atoms with van der Waals surface area (Å²) in [6.45, 7) is 0. The third-order valence-corrected chi connectivity index (χ3v) is 5.33. The average Bonchev–Trinajstić information content (AvgIpc) is 2.94. The fourth-order valence-electron chi connectivity index (χ4n) is 1.83. The highest BCUT2D eigenvalue weighted by molar-refractivity contribution is 9.11. The molecule has 0 aliphatic rings. The summed E-state index contributed by atoms with van der Waals surface area (Å²) >= 11 is 6.86. The van der Waals surface area contributed by atoms with Gasteiger partial charge in [-0.05, 0) is 45.1 Å². The largest absolute Gasteiger partial charge is 0.324 e. The minimum absolute atomic E-state index is 0.0214. The number of hydrogen-bond acceptors (Lipinski definition) is 4.